The van der Waals surface area contributed by atoms with Crippen LogP contribution in [-0.4, -0.2) is 45.4 Å². The maximum Gasteiger partial charge on any atom is 0.417 e. The van der Waals surface area contributed by atoms with Gasteiger partial charge in [-0.25, -0.2) is 9.69 Å². The van der Waals surface area contributed by atoms with E-state index in [0.29, 0.717) is 6.42 Å². The quantitative estimate of drug-likeness (QED) is 0.557. The number of amides is 2. The third-order valence-corrected chi connectivity index (χ3v) is 5.91. The highest BCUT2D eigenvalue weighted by atomic mass is 16.6. The van der Waals surface area contributed by atoms with Crippen LogP contribution in [0.15, 0.2) is 30.3 Å². The number of aliphatic hydroxyl groups is 1. The zero-order valence-electron chi connectivity index (χ0n) is 19.2. The van der Waals surface area contributed by atoms with Crippen LogP contribution < -0.4 is 0 Å². The maximum atomic E-state index is 13.7. The number of rotatable bonds is 10. The third kappa shape index (κ3) is 5.22. The number of carbonyl (C=O) groups is 2. The van der Waals surface area contributed by atoms with Crippen LogP contribution in [0.2, 0.25) is 0 Å². The first-order chi connectivity index (χ1) is 14.0. The van der Waals surface area contributed by atoms with Crippen LogP contribution in [0.25, 0.3) is 0 Å². The van der Waals surface area contributed by atoms with Gasteiger partial charge in [0.2, 0.25) is 0 Å². The number of carbonyl (C=O) groups excluding carboxylic acids is 2. The lowest BCUT2D eigenvalue weighted by Gasteiger charge is -2.38. The minimum Gasteiger partial charge on any atom is -0.441 e. The van der Waals surface area contributed by atoms with E-state index in [1.54, 1.807) is 6.92 Å². The number of unbranched alkanes of at least 4 members (excludes halogenated alkanes) is 2. The van der Waals surface area contributed by atoms with Crippen molar-refractivity contribution in [3.05, 3.63) is 35.9 Å². The van der Waals surface area contributed by atoms with E-state index in [1.807, 2.05) is 58.0 Å². The minimum absolute atomic E-state index is 0.00833. The summed E-state index contributed by atoms with van der Waals surface area (Å²) in [5.41, 5.74) is -1.48. The van der Waals surface area contributed by atoms with Crippen LogP contribution in [0.1, 0.15) is 72.8 Å². The van der Waals surface area contributed by atoms with Crippen molar-refractivity contribution in [2.75, 3.05) is 0 Å². The summed E-state index contributed by atoms with van der Waals surface area (Å²) < 4.78 is 11.6. The largest absolute Gasteiger partial charge is 0.441 e. The molecular formula is C24H37NO5. The zero-order valence-corrected chi connectivity index (χ0v) is 19.2. The van der Waals surface area contributed by atoms with Gasteiger partial charge in [-0.2, -0.15) is 0 Å². The second-order valence-corrected chi connectivity index (χ2v) is 9.23. The summed E-state index contributed by atoms with van der Waals surface area (Å²) in [4.78, 5) is 27.6. The van der Waals surface area contributed by atoms with Crippen LogP contribution in [-0.2, 0) is 20.9 Å². The molecule has 6 nitrogen and oxygen atoms in total. The van der Waals surface area contributed by atoms with E-state index in [4.69, 9.17) is 9.47 Å². The van der Waals surface area contributed by atoms with Crippen molar-refractivity contribution in [3.63, 3.8) is 0 Å². The molecule has 1 aliphatic heterocycles. The Morgan fingerprint density at radius 2 is 1.90 bits per heavy atom. The Labute approximate surface area is 180 Å². The van der Waals surface area contributed by atoms with E-state index >= 15 is 0 Å². The number of nitrogens with zero attached hydrogens (tertiary/aromatic N) is 1. The second kappa shape index (κ2) is 9.92. The lowest BCUT2D eigenvalue weighted by atomic mass is 9.86. The summed E-state index contributed by atoms with van der Waals surface area (Å²) in [6.45, 7) is 11.4. The van der Waals surface area contributed by atoms with Crippen LogP contribution in [0.4, 0.5) is 4.79 Å². The predicted molar refractivity (Wildman–Crippen MR) is 116 cm³/mol. The number of hydrogen-bond acceptors (Lipinski definition) is 5. The highest BCUT2D eigenvalue weighted by Crippen LogP contribution is 2.37. The molecule has 168 valence electrons. The molecule has 0 saturated carbocycles. The minimum atomic E-state index is -1.56. The fourth-order valence-electron chi connectivity index (χ4n) is 4.28. The van der Waals surface area contributed by atoms with Crippen LogP contribution in [0.3, 0.4) is 0 Å². The van der Waals surface area contributed by atoms with Crippen molar-refractivity contribution >= 4 is 12.0 Å². The normalized spacial score (nSPS) is 21.4. The number of imide groups is 1. The highest BCUT2D eigenvalue weighted by Gasteiger charge is 2.57. The summed E-state index contributed by atoms with van der Waals surface area (Å²) >= 11 is 0. The van der Waals surface area contributed by atoms with Gasteiger partial charge < -0.3 is 14.6 Å². The van der Waals surface area contributed by atoms with Gasteiger partial charge in [0.25, 0.3) is 5.91 Å². The first kappa shape index (κ1) is 24.4. The molecule has 1 N–H and O–H groups in total. The molecule has 3 atom stereocenters. The van der Waals surface area contributed by atoms with Gasteiger partial charge >= 0.3 is 6.09 Å². The van der Waals surface area contributed by atoms with Crippen molar-refractivity contribution in [1.82, 2.24) is 4.90 Å². The first-order valence-electron chi connectivity index (χ1n) is 11.0. The summed E-state index contributed by atoms with van der Waals surface area (Å²) in [6.07, 6.45) is 1.43. The van der Waals surface area contributed by atoms with Gasteiger partial charge in [0.15, 0.2) is 5.60 Å². The second-order valence-electron chi connectivity index (χ2n) is 9.23. The Bertz CT molecular complexity index is 718. The molecule has 1 aromatic carbocycles. The Morgan fingerprint density at radius 3 is 2.47 bits per heavy atom. The van der Waals surface area contributed by atoms with E-state index < -0.39 is 35.3 Å². The smallest absolute Gasteiger partial charge is 0.417 e. The fourth-order valence-corrected chi connectivity index (χ4v) is 4.28. The first-order valence-corrected chi connectivity index (χ1v) is 11.0. The molecular weight excluding hydrogens is 382 g/mol. The molecule has 0 aromatic heterocycles. The van der Waals surface area contributed by atoms with Crippen LogP contribution in [0.5, 0.6) is 0 Å². The fraction of sp³-hybridized carbons (Fsp3) is 0.667. The number of hydrogen-bond donors (Lipinski definition) is 1. The molecule has 0 bridgehead atoms. The molecule has 1 fully saturated rings. The third-order valence-electron chi connectivity index (χ3n) is 5.91. The molecule has 2 rings (SSSR count). The van der Waals surface area contributed by atoms with Crippen molar-refractivity contribution in [3.8, 4) is 0 Å². The molecule has 0 radical (unpaired) electrons. The van der Waals surface area contributed by atoms with E-state index in [9.17, 15) is 14.7 Å². The number of cyclic esters (lactones) is 1. The van der Waals surface area contributed by atoms with Crippen molar-refractivity contribution in [2.24, 2.45) is 5.92 Å². The van der Waals surface area contributed by atoms with E-state index in [2.05, 4.69) is 6.92 Å². The van der Waals surface area contributed by atoms with Crippen LogP contribution in [0, 0.1) is 5.92 Å². The zero-order chi connectivity index (χ0) is 22.5. The molecule has 1 aromatic rings. The number of ether oxygens (including phenoxy) is 2. The molecule has 0 unspecified atom stereocenters. The lowest BCUT2D eigenvalue weighted by molar-refractivity contribution is -0.175. The van der Waals surface area contributed by atoms with Crippen LogP contribution >= 0.6 is 0 Å². The Balaban J connectivity index is 2.33. The Hall–Kier alpha value is -1.92. The monoisotopic (exact) mass is 419 g/mol. The van der Waals surface area contributed by atoms with Gasteiger partial charge in [-0.1, -0.05) is 70.4 Å². The molecule has 2 amide bonds. The Kier molecular flexibility index (Phi) is 8.06. The van der Waals surface area contributed by atoms with Gasteiger partial charge in [-0.05, 0) is 38.7 Å². The van der Waals surface area contributed by atoms with E-state index in [0.717, 1.165) is 24.8 Å². The van der Waals surface area contributed by atoms with Gasteiger partial charge in [0, 0.05) is 0 Å². The molecule has 1 heterocycles. The van der Waals surface area contributed by atoms with Gasteiger partial charge in [0.1, 0.15) is 5.60 Å². The lowest BCUT2D eigenvalue weighted by Crippen LogP contribution is -2.60. The molecule has 0 aliphatic carbocycles. The summed E-state index contributed by atoms with van der Waals surface area (Å²) in [6, 6.07) is 9.05. The summed E-state index contributed by atoms with van der Waals surface area (Å²) in [7, 11) is 0. The average molecular weight is 420 g/mol. The predicted octanol–water partition coefficient (Wildman–Crippen LogP) is 4.69. The van der Waals surface area contributed by atoms with Gasteiger partial charge in [-0.3, -0.25) is 4.79 Å². The molecule has 0 spiro atoms. The number of aliphatic hydroxyl groups excluding tert-OH is 1. The van der Waals surface area contributed by atoms with E-state index in [1.165, 1.54) is 4.90 Å². The summed E-state index contributed by atoms with van der Waals surface area (Å²) in [5, 5.41) is 11.0. The van der Waals surface area contributed by atoms with Crippen molar-refractivity contribution in [2.45, 2.75) is 97.2 Å². The molecule has 1 saturated heterocycles. The topological polar surface area (TPSA) is 76.1 Å². The molecule has 6 heteroatoms. The molecule has 30 heavy (non-hydrogen) atoms. The van der Waals surface area contributed by atoms with Gasteiger partial charge in [0.05, 0.1) is 18.8 Å². The Morgan fingerprint density at radius 1 is 1.27 bits per heavy atom. The van der Waals surface area contributed by atoms with Gasteiger partial charge in [-0.15, -0.1) is 0 Å². The van der Waals surface area contributed by atoms with Crippen molar-refractivity contribution in [1.29, 1.82) is 0 Å². The highest BCUT2D eigenvalue weighted by molar-refractivity contribution is 5.99. The molecule has 1 aliphatic rings. The maximum absolute atomic E-state index is 13.7. The van der Waals surface area contributed by atoms with Crippen molar-refractivity contribution < 1.29 is 24.2 Å². The standard InChI is InChI=1S/C24H37NO5/c1-7-8-10-15-19(26)24(6,29-16-18-13-11-9-12-14-18)21(27)25-20(17(2)3)23(4,5)30-22(25)28/h9,11-14,17,19-20,26H,7-8,10,15-16H2,1-6H3/t19-,20-,24-/m0/s1. The van der Waals surface area contributed by atoms with E-state index in [-0.39, 0.29) is 12.5 Å². The summed E-state index contributed by atoms with van der Waals surface area (Å²) in [5.74, 6) is -0.553. The average Bonchev–Trinajstić information content (AvgIpc) is 2.94. The SMILES string of the molecule is CCCCC[C@H](O)[C@](C)(OCc1ccccc1)C(=O)N1C(=O)OC(C)(C)[C@@H]1C(C)C. The number of benzene rings is 1.